The average Bonchev–Trinajstić information content (AvgIpc) is 2.39. The molecule has 0 unspecified atom stereocenters. The summed E-state index contributed by atoms with van der Waals surface area (Å²) in [5.74, 6) is 0.866. The van der Waals surface area contributed by atoms with Crippen LogP contribution in [0.15, 0.2) is 4.99 Å². The Bertz CT molecular complexity index is 258. The Balaban J connectivity index is 3.54. The Morgan fingerprint density at radius 1 is 1.00 bits per heavy atom. The third-order valence-electron chi connectivity index (χ3n) is 2.44. The molecule has 4 N–H and O–H groups in total. The lowest BCUT2D eigenvalue weighted by Gasteiger charge is -2.16. The van der Waals surface area contributed by atoms with E-state index in [1.165, 1.54) is 0 Å². The van der Waals surface area contributed by atoms with Gasteiger partial charge in [-0.05, 0) is 47.1 Å². The molecule has 126 valence electrons. The molecule has 0 fully saturated rings. The van der Waals surface area contributed by atoms with Gasteiger partial charge in [-0.3, -0.25) is 4.99 Å². The number of nitrogens with one attached hydrogen (secondary N) is 2. The molecular weight excluding hydrogens is 268 g/mol. The van der Waals surface area contributed by atoms with E-state index in [9.17, 15) is 0 Å². The van der Waals surface area contributed by atoms with Gasteiger partial charge in [-0.15, -0.1) is 0 Å². The Morgan fingerprint density at radius 3 is 2.14 bits per heavy atom. The molecule has 6 nitrogen and oxygen atoms in total. The molecule has 21 heavy (non-hydrogen) atoms. The van der Waals surface area contributed by atoms with Crippen molar-refractivity contribution < 1.29 is 9.47 Å². The lowest BCUT2D eigenvalue weighted by atomic mass is 10.4. The fourth-order valence-electron chi connectivity index (χ4n) is 1.55. The molecule has 0 saturated carbocycles. The zero-order valence-electron chi connectivity index (χ0n) is 14.2. The van der Waals surface area contributed by atoms with Gasteiger partial charge in [0.05, 0.1) is 13.2 Å². The van der Waals surface area contributed by atoms with Gasteiger partial charge in [-0.1, -0.05) is 0 Å². The maximum absolute atomic E-state index is 5.50. The third-order valence-corrected chi connectivity index (χ3v) is 2.44. The van der Waals surface area contributed by atoms with Crippen molar-refractivity contribution in [3.05, 3.63) is 0 Å². The second-order valence-corrected chi connectivity index (χ2v) is 5.52. The highest BCUT2D eigenvalue weighted by atomic mass is 16.5. The van der Waals surface area contributed by atoms with Crippen molar-refractivity contribution in [3.63, 3.8) is 0 Å². The quantitative estimate of drug-likeness (QED) is 0.286. The minimum absolute atomic E-state index is 0.278. The smallest absolute Gasteiger partial charge is 0.191 e. The SMILES string of the molecule is CC(C)/N=C(\NCCCOCCOCCCN)NC(C)C. The number of hydrogen-bond donors (Lipinski definition) is 3. The predicted molar refractivity (Wildman–Crippen MR) is 88.8 cm³/mol. The summed E-state index contributed by atoms with van der Waals surface area (Å²) in [6.07, 6.45) is 1.85. The van der Waals surface area contributed by atoms with Crippen LogP contribution >= 0.6 is 0 Å². The molecule has 0 amide bonds. The summed E-state index contributed by atoms with van der Waals surface area (Å²) < 4.78 is 10.9. The van der Waals surface area contributed by atoms with Crippen molar-refractivity contribution in [2.45, 2.75) is 52.6 Å². The van der Waals surface area contributed by atoms with Gasteiger partial charge < -0.3 is 25.8 Å². The summed E-state index contributed by atoms with van der Waals surface area (Å²) in [5, 5.41) is 6.62. The van der Waals surface area contributed by atoms with Gasteiger partial charge in [0, 0.05) is 31.8 Å². The van der Waals surface area contributed by atoms with Crippen molar-refractivity contribution in [2.75, 3.05) is 39.5 Å². The molecule has 0 aromatic rings. The van der Waals surface area contributed by atoms with Crippen molar-refractivity contribution in [1.29, 1.82) is 0 Å². The minimum atomic E-state index is 0.278. The number of aliphatic imine (C=N–C) groups is 1. The number of rotatable bonds is 12. The second-order valence-electron chi connectivity index (χ2n) is 5.52. The monoisotopic (exact) mass is 302 g/mol. The fraction of sp³-hybridized carbons (Fsp3) is 0.933. The molecule has 0 radical (unpaired) electrons. The van der Waals surface area contributed by atoms with Gasteiger partial charge in [0.15, 0.2) is 5.96 Å². The Kier molecular flexibility index (Phi) is 13.5. The van der Waals surface area contributed by atoms with Crippen molar-refractivity contribution in [2.24, 2.45) is 10.7 Å². The number of guanidine groups is 1. The number of ether oxygens (including phenoxy) is 2. The molecule has 0 rings (SSSR count). The maximum Gasteiger partial charge on any atom is 0.191 e. The Labute approximate surface area is 129 Å². The van der Waals surface area contributed by atoms with E-state index < -0.39 is 0 Å². The average molecular weight is 302 g/mol. The zero-order chi connectivity index (χ0) is 15.9. The molecule has 0 aliphatic heterocycles. The Morgan fingerprint density at radius 2 is 1.62 bits per heavy atom. The standard InChI is InChI=1S/C15H34N4O2/c1-13(2)18-15(19-14(3)4)17-8-6-10-21-12-11-20-9-5-7-16/h13-14H,5-12,16H2,1-4H3,(H2,17,18,19). The summed E-state index contributed by atoms with van der Waals surface area (Å²) in [6.45, 7) is 12.6. The van der Waals surface area contributed by atoms with Gasteiger partial charge >= 0.3 is 0 Å². The minimum Gasteiger partial charge on any atom is -0.379 e. The van der Waals surface area contributed by atoms with Gasteiger partial charge in [0.2, 0.25) is 0 Å². The Hall–Kier alpha value is -0.850. The van der Waals surface area contributed by atoms with Gasteiger partial charge in [0.25, 0.3) is 0 Å². The van der Waals surface area contributed by atoms with E-state index in [0.29, 0.717) is 25.8 Å². The highest BCUT2D eigenvalue weighted by Crippen LogP contribution is 1.89. The molecule has 6 heteroatoms. The molecule has 0 aromatic heterocycles. The molecule has 0 bridgehead atoms. The van der Waals surface area contributed by atoms with E-state index in [2.05, 4.69) is 43.3 Å². The lowest BCUT2D eigenvalue weighted by Crippen LogP contribution is -2.42. The van der Waals surface area contributed by atoms with E-state index in [-0.39, 0.29) is 6.04 Å². The molecule has 0 aliphatic rings. The van der Waals surface area contributed by atoms with E-state index in [1.54, 1.807) is 0 Å². The highest BCUT2D eigenvalue weighted by molar-refractivity contribution is 5.80. The molecule has 0 aromatic carbocycles. The lowest BCUT2D eigenvalue weighted by molar-refractivity contribution is 0.0469. The zero-order valence-corrected chi connectivity index (χ0v) is 14.2. The van der Waals surface area contributed by atoms with E-state index in [1.807, 2.05) is 0 Å². The molecule has 0 atom stereocenters. The van der Waals surface area contributed by atoms with Crippen LogP contribution in [-0.4, -0.2) is 57.6 Å². The summed E-state index contributed by atoms with van der Waals surface area (Å²) in [4.78, 5) is 4.52. The molecule has 0 spiro atoms. The van der Waals surface area contributed by atoms with E-state index >= 15 is 0 Å². The summed E-state index contributed by atoms with van der Waals surface area (Å²) in [5.41, 5.74) is 5.38. The van der Waals surface area contributed by atoms with Crippen LogP contribution in [0.2, 0.25) is 0 Å². The topological polar surface area (TPSA) is 80.9 Å². The van der Waals surface area contributed by atoms with E-state index in [4.69, 9.17) is 15.2 Å². The molecule has 0 aliphatic carbocycles. The first-order valence-electron chi connectivity index (χ1n) is 8.00. The first-order chi connectivity index (χ1) is 10.1. The molecule has 0 heterocycles. The van der Waals surface area contributed by atoms with Gasteiger partial charge in [0.1, 0.15) is 0 Å². The molecule has 0 saturated heterocycles. The van der Waals surface area contributed by atoms with Gasteiger partial charge in [-0.2, -0.15) is 0 Å². The van der Waals surface area contributed by atoms with Crippen LogP contribution in [-0.2, 0) is 9.47 Å². The molecular formula is C15H34N4O2. The summed E-state index contributed by atoms with van der Waals surface area (Å²) >= 11 is 0. The van der Waals surface area contributed by atoms with Gasteiger partial charge in [-0.25, -0.2) is 0 Å². The van der Waals surface area contributed by atoms with Crippen molar-refractivity contribution >= 4 is 5.96 Å². The second kappa shape index (κ2) is 14.1. The fourth-order valence-corrected chi connectivity index (χ4v) is 1.55. The predicted octanol–water partition coefficient (Wildman–Crippen LogP) is 1.11. The summed E-state index contributed by atoms with van der Waals surface area (Å²) in [7, 11) is 0. The first-order valence-corrected chi connectivity index (χ1v) is 8.00. The van der Waals surface area contributed by atoms with Crippen LogP contribution in [0.25, 0.3) is 0 Å². The third kappa shape index (κ3) is 15.4. The van der Waals surface area contributed by atoms with Crippen LogP contribution < -0.4 is 16.4 Å². The van der Waals surface area contributed by atoms with Crippen LogP contribution in [0.3, 0.4) is 0 Å². The number of hydrogen-bond acceptors (Lipinski definition) is 4. The normalized spacial score (nSPS) is 12.2. The highest BCUT2D eigenvalue weighted by Gasteiger charge is 2.01. The van der Waals surface area contributed by atoms with Crippen LogP contribution in [0.1, 0.15) is 40.5 Å². The maximum atomic E-state index is 5.50. The van der Waals surface area contributed by atoms with Crippen molar-refractivity contribution in [1.82, 2.24) is 10.6 Å². The van der Waals surface area contributed by atoms with E-state index in [0.717, 1.165) is 38.6 Å². The van der Waals surface area contributed by atoms with Crippen molar-refractivity contribution in [3.8, 4) is 0 Å². The largest absolute Gasteiger partial charge is 0.379 e. The number of nitrogens with zero attached hydrogens (tertiary/aromatic N) is 1. The first kappa shape index (κ1) is 20.1. The van der Waals surface area contributed by atoms with Crippen LogP contribution in [0.5, 0.6) is 0 Å². The van der Waals surface area contributed by atoms with Crippen LogP contribution in [0, 0.1) is 0 Å². The number of nitrogens with two attached hydrogens (primary N) is 1. The summed E-state index contributed by atoms with van der Waals surface area (Å²) in [6, 6.07) is 0.651. The van der Waals surface area contributed by atoms with Crippen LogP contribution in [0.4, 0.5) is 0 Å².